The van der Waals surface area contributed by atoms with Gasteiger partial charge in [-0.3, -0.25) is 18.6 Å². The molecule has 0 heterocycles. The summed E-state index contributed by atoms with van der Waals surface area (Å²) in [6.07, 6.45) is 52.1. The zero-order chi connectivity index (χ0) is 45.7. The van der Waals surface area contributed by atoms with Crippen LogP contribution in [0.1, 0.15) is 232 Å². The third-order valence-electron chi connectivity index (χ3n) is 11.2. The van der Waals surface area contributed by atoms with Crippen molar-refractivity contribution in [3.05, 3.63) is 36.5 Å². The molecule has 0 aromatic heterocycles. The lowest BCUT2D eigenvalue weighted by Crippen LogP contribution is -2.37. The van der Waals surface area contributed by atoms with Crippen LogP contribution in [0.5, 0.6) is 0 Å². The van der Waals surface area contributed by atoms with Gasteiger partial charge in [0.1, 0.15) is 19.8 Å². The molecule has 0 saturated heterocycles. The molecular formula is C52H99NO8P+. The Bertz CT molecular complexity index is 1150. The zero-order valence-electron chi connectivity index (χ0n) is 41.1. The molecule has 62 heavy (non-hydrogen) atoms. The van der Waals surface area contributed by atoms with Crippen molar-refractivity contribution in [3.8, 4) is 0 Å². The molecule has 364 valence electrons. The summed E-state index contributed by atoms with van der Waals surface area (Å²) in [5.74, 6) is -0.850. The molecule has 1 N–H and O–H groups in total. The number of likely N-dealkylation sites (N-methyl/N-ethyl adjacent to an activating group) is 1. The van der Waals surface area contributed by atoms with Crippen molar-refractivity contribution in [2.45, 2.75) is 238 Å². The van der Waals surface area contributed by atoms with Crippen LogP contribution in [0, 0.1) is 0 Å². The monoisotopic (exact) mass is 897 g/mol. The fourth-order valence-corrected chi connectivity index (χ4v) is 7.89. The first-order chi connectivity index (χ1) is 30.0. The van der Waals surface area contributed by atoms with Gasteiger partial charge in [-0.05, 0) is 44.9 Å². The van der Waals surface area contributed by atoms with E-state index in [0.717, 1.165) is 32.1 Å². The topological polar surface area (TPSA) is 108 Å². The van der Waals surface area contributed by atoms with E-state index in [9.17, 15) is 19.0 Å². The molecule has 0 bridgehead atoms. The summed E-state index contributed by atoms with van der Waals surface area (Å²) in [5.41, 5.74) is 0. The average Bonchev–Trinajstić information content (AvgIpc) is 3.23. The number of carbonyl (C=O) groups is 2. The Morgan fingerprint density at radius 3 is 1.34 bits per heavy atom. The first kappa shape index (κ1) is 60.2. The largest absolute Gasteiger partial charge is 0.472 e. The first-order valence-electron chi connectivity index (χ1n) is 25.7. The molecule has 0 aliphatic rings. The molecule has 0 amide bonds. The van der Waals surface area contributed by atoms with Gasteiger partial charge in [-0.1, -0.05) is 211 Å². The van der Waals surface area contributed by atoms with Gasteiger partial charge in [0.25, 0.3) is 0 Å². The lowest BCUT2D eigenvalue weighted by molar-refractivity contribution is -0.870. The summed E-state index contributed by atoms with van der Waals surface area (Å²) in [6.45, 7) is 4.39. The Morgan fingerprint density at radius 2 is 0.887 bits per heavy atom. The standard InChI is InChI=1S/C52H98NO8P/c1-6-8-10-12-14-16-18-20-22-24-25-26-27-29-31-33-35-37-39-41-43-45-52(55)61-50(49-60-62(56,57)59-47-46-53(3,4)5)48-58-51(54)44-42-40-38-36-34-32-30-28-23-21-19-17-15-13-11-9-7-2/h21,23,30,32,36,38,50H,6-20,22,24-29,31,33-35,37,39-49H2,1-5H3/p+1/b23-21-,32-30-,38-36-/t50-/m1/s1. The smallest absolute Gasteiger partial charge is 0.462 e. The Morgan fingerprint density at radius 1 is 0.500 bits per heavy atom. The van der Waals surface area contributed by atoms with Gasteiger partial charge in [-0.25, -0.2) is 4.57 Å². The molecule has 0 aliphatic carbocycles. The van der Waals surface area contributed by atoms with Crippen LogP contribution in [-0.4, -0.2) is 74.9 Å². The van der Waals surface area contributed by atoms with Crippen molar-refractivity contribution in [1.29, 1.82) is 0 Å². The van der Waals surface area contributed by atoms with Crippen LogP contribution in [-0.2, 0) is 32.7 Å². The highest BCUT2D eigenvalue weighted by Gasteiger charge is 2.27. The maximum absolute atomic E-state index is 12.8. The van der Waals surface area contributed by atoms with E-state index in [0.29, 0.717) is 23.9 Å². The van der Waals surface area contributed by atoms with Gasteiger partial charge in [-0.2, -0.15) is 0 Å². The molecule has 0 saturated carbocycles. The van der Waals surface area contributed by atoms with Crippen LogP contribution in [0.25, 0.3) is 0 Å². The van der Waals surface area contributed by atoms with Crippen LogP contribution >= 0.6 is 7.82 Å². The van der Waals surface area contributed by atoms with Gasteiger partial charge in [0, 0.05) is 12.8 Å². The van der Waals surface area contributed by atoms with E-state index >= 15 is 0 Å². The van der Waals surface area contributed by atoms with Crippen LogP contribution in [0.4, 0.5) is 0 Å². The molecule has 0 rings (SSSR count). The van der Waals surface area contributed by atoms with Crippen molar-refractivity contribution in [3.63, 3.8) is 0 Å². The highest BCUT2D eigenvalue weighted by molar-refractivity contribution is 7.47. The molecule has 0 aliphatic heterocycles. The summed E-state index contributed by atoms with van der Waals surface area (Å²) >= 11 is 0. The van der Waals surface area contributed by atoms with E-state index < -0.39 is 32.5 Å². The second-order valence-corrected chi connectivity index (χ2v) is 20.0. The van der Waals surface area contributed by atoms with Crippen molar-refractivity contribution in [1.82, 2.24) is 0 Å². The number of rotatable bonds is 47. The van der Waals surface area contributed by atoms with Gasteiger partial charge in [0.05, 0.1) is 27.7 Å². The number of carbonyl (C=O) groups excluding carboxylic acids is 2. The summed E-state index contributed by atoms with van der Waals surface area (Å²) in [5, 5.41) is 0. The summed E-state index contributed by atoms with van der Waals surface area (Å²) < 4.78 is 34.4. The van der Waals surface area contributed by atoms with Crippen molar-refractivity contribution in [2.75, 3.05) is 47.5 Å². The minimum absolute atomic E-state index is 0.0254. The predicted octanol–water partition coefficient (Wildman–Crippen LogP) is 15.3. The van der Waals surface area contributed by atoms with E-state index in [-0.39, 0.29) is 26.1 Å². The van der Waals surface area contributed by atoms with E-state index in [1.165, 1.54) is 161 Å². The normalized spacial score (nSPS) is 13.7. The van der Waals surface area contributed by atoms with Crippen molar-refractivity contribution in [2.24, 2.45) is 0 Å². The molecular weight excluding hydrogens is 798 g/mol. The van der Waals surface area contributed by atoms with Gasteiger partial charge >= 0.3 is 19.8 Å². The highest BCUT2D eigenvalue weighted by atomic mass is 31.2. The Labute approximate surface area is 382 Å². The Balaban J connectivity index is 4.29. The average molecular weight is 897 g/mol. The molecule has 9 nitrogen and oxygen atoms in total. The molecule has 0 spiro atoms. The fraction of sp³-hybridized carbons (Fsp3) is 0.846. The number of esters is 2. The highest BCUT2D eigenvalue weighted by Crippen LogP contribution is 2.43. The number of ether oxygens (including phenoxy) is 2. The maximum Gasteiger partial charge on any atom is 0.472 e. The maximum atomic E-state index is 12.8. The molecule has 10 heteroatoms. The van der Waals surface area contributed by atoms with E-state index in [1.54, 1.807) is 0 Å². The lowest BCUT2D eigenvalue weighted by Gasteiger charge is -2.24. The number of quaternary nitrogens is 1. The molecule has 0 aromatic rings. The van der Waals surface area contributed by atoms with E-state index in [4.69, 9.17) is 18.5 Å². The first-order valence-corrected chi connectivity index (χ1v) is 27.2. The molecule has 2 atom stereocenters. The number of allylic oxidation sites excluding steroid dienone is 6. The van der Waals surface area contributed by atoms with Gasteiger partial charge in [0.15, 0.2) is 6.10 Å². The van der Waals surface area contributed by atoms with Gasteiger partial charge in [-0.15, -0.1) is 0 Å². The Hall–Kier alpha value is -1.77. The molecule has 1 unspecified atom stereocenters. The number of hydrogen-bond donors (Lipinski definition) is 1. The van der Waals surface area contributed by atoms with Crippen LogP contribution in [0.15, 0.2) is 36.5 Å². The van der Waals surface area contributed by atoms with Crippen molar-refractivity contribution < 1.29 is 42.1 Å². The van der Waals surface area contributed by atoms with E-state index in [2.05, 4.69) is 50.3 Å². The Kier molecular flexibility index (Phi) is 43.2. The van der Waals surface area contributed by atoms with E-state index in [1.807, 2.05) is 21.1 Å². The minimum atomic E-state index is -4.39. The third-order valence-corrected chi connectivity index (χ3v) is 12.2. The SMILES string of the molecule is CCCCCCCC/C=C\C/C=C\C/C=C\CCCC(=O)OC[C@H](COP(=O)(O)OCC[N+](C)(C)C)OC(=O)CCCCCCCCCCCCCCCCCCCCCCC. The lowest BCUT2D eigenvalue weighted by atomic mass is 10.0. The summed E-state index contributed by atoms with van der Waals surface area (Å²) in [7, 11) is 1.46. The van der Waals surface area contributed by atoms with Crippen LogP contribution in [0.3, 0.4) is 0 Å². The third kappa shape index (κ3) is 47.7. The summed E-state index contributed by atoms with van der Waals surface area (Å²) in [6, 6.07) is 0. The molecule has 0 aromatic carbocycles. The second kappa shape index (κ2) is 44.4. The number of phosphoric ester groups is 1. The second-order valence-electron chi connectivity index (χ2n) is 18.6. The summed E-state index contributed by atoms with van der Waals surface area (Å²) in [4.78, 5) is 35.5. The number of unbranched alkanes of at least 4 members (excludes halogenated alkanes) is 27. The quantitative estimate of drug-likeness (QED) is 0.0212. The number of phosphoric acid groups is 1. The fourth-order valence-electron chi connectivity index (χ4n) is 7.15. The zero-order valence-corrected chi connectivity index (χ0v) is 42.0. The minimum Gasteiger partial charge on any atom is -0.462 e. The van der Waals surface area contributed by atoms with Crippen LogP contribution in [0.2, 0.25) is 0 Å². The van der Waals surface area contributed by atoms with Gasteiger partial charge < -0.3 is 18.9 Å². The predicted molar refractivity (Wildman–Crippen MR) is 261 cm³/mol. The number of hydrogen-bond acceptors (Lipinski definition) is 7. The van der Waals surface area contributed by atoms with Gasteiger partial charge in [0.2, 0.25) is 0 Å². The molecule has 0 fully saturated rings. The molecule has 0 radical (unpaired) electrons. The van der Waals surface area contributed by atoms with Crippen LogP contribution < -0.4 is 0 Å². The van der Waals surface area contributed by atoms with Crippen molar-refractivity contribution >= 4 is 19.8 Å². The number of nitrogens with zero attached hydrogens (tertiary/aromatic N) is 1.